The Kier molecular flexibility index (Phi) is 4.95. The van der Waals surface area contributed by atoms with Gasteiger partial charge in [0.25, 0.3) is 5.91 Å². The second kappa shape index (κ2) is 7.05. The summed E-state index contributed by atoms with van der Waals surface area (Å²) in [5.74, 6) is -2.84. The number of likely N-dealkylation sites (tertiary alicyclic amines) is 1. The summed E-state index contributed by atoms with van der Waals surface area (Å²) in [7, 11) is 0. The van der Waals surface area contributed by atoms with Crippen LogP contribution in [-0.2, 0) is 11.0 Å². The summed E-state index contributed by atoms with van der Waals surface area (Å²) in [6.07, 6.45) is -3.52. The number of carboxylic acids is 1. The van der Waals surface area contributed by atoms with E-state index in [1.807, 2.05) is 0 Å². The van der Waals surface area contributed by atoms with Crippen LogP contribution in [-0.4, -0.2) is 44.8 Å². The lowest BCUT2D eigenvalue weighted by atomic mass is 9.90. The van der Waals surface area contributed by atoms with Gasteiger partial charge in [-0.25, -0.2) is 4.68 Å². The molecule has 1 N–H and O–H groups in total. The third kappa shape index (κ3) is 3.81. The van der Waals surface area contributed by atoms with E-state index in [-0.39, 0.29) is 24.7 Å². The number of aliphatic carboxylic acids is 1. The van der Waals surface area contributed by atoms with Gasteiger partial charge in [-0.15, -0.1) is 0 Å². The fraction of sp³-hybridized carbons (Fsp3) is 0.389. The Balaban J connectivity index is 2.00. The molecule has 2 heterocycles. The van der Waals surface area contributed by atoms with Crippen molar-refractivity contribution in [1.29, 1.82) is 0 Å². The maximum absolute atomic E-state index is 13.7. The fourth-order valence-electron chi connectivity index (χ4n) is 3.41. The second-order valence-electron chi connectivity index (χ2n) is 6.74. The van der Waals surface area contributed by atoms with E-state index in [4.69, 9.17) is 0 Å². The molecule has 1 amide bonds. The summed E-state index contributed by atoms with van der Waals surface area (Å²) in [6, 6.07) is 7.72. The molecule has 0 radical (unpaired) electrons. The highest BCUT2D eigenvalue weighted by atomic mass is 19.4. The number of alkyl halides is 3. The van der Waals surface area contributed by atoms with Gasteiger partial charge >= 0.3 is 12.1 Å². The number of hydrogen-bond acceptors (Lipinski definition) is 3. The smallest absolute Gasteiger partial charge is 0.434 e. The molecule has 9 heteroatoms. The van der Waals surface area contributed by atoms with Crippen LogP contribution in [0.15, 0.2) is 36.5 Å². The van der Waals surface area contributed by atoms with Crippen LogP contribution in [0.5, 0.6) is 0 Å². The molecule has 1 saturated heterocycles. The number of nitrogens with zero attached hydrogens (tertiary/aromatic N) is 3. The highest BCUT2D eigenvalue weighted by molar-refractivity contribution is 5.96. The number of benzene rings is 1. The molecule has 1 aromatic carbocycles. The summed E-state index contributed by atoms with van der Waals surface area (Å²) in [4.78, 5) is 25.3. The maximum Gasteiger partial charge on any atom is 0.434 e. The van der Waals surface area contributed by atoms with Crippen molar-refractivity contribution >= 4 is 11.9 Å². The van der Waals surface area contributed by atoms with Crippen molar-refractivity contribution in [2.75, 3.05) is 13.1 Å². The molecule has 2 aromatic rings. The fourth-order valence-corrected chi connectivity index (χ4v) is 3.41. The number of piperidine rings is 1. The third-order valence-electron chi connectivity index (χ3n) is 4.57. The molecule has 144 valence electrons. The van der Waals surface area contributed by atoms with E-state index in [1.165, 1.54) is 17.0 Å². The number of carbonyl (C=O) groups excluding carboxylic acids is 1. The van der Waals surface area contributed by atoms with Crippen molar-refractivity contribution in [3.8, 4) is 5.69 Å². The molecule has 1 aliphatic heterocycles. The summed E-state index contributed by atoms with van der Waals surface area (Å²) < 4.78 is 41.8. The average molecular weight is 381 g/mol. The molecule has 2 unspecified atom stereocenters. The molecule has 3 rings (SSSR count). The van der Waals surface area contributed by atoms with E-state index < -0.39 is 35.2 Å². The lowest BCUT2D eigenvalue weighted by molar-refractivity contribution is -0.145. The summed E-state index contributed by atoms with van der Waals surface area (Å²) in [5.41, 5.74) is -1.56. The van der Waals surface area contributed by atoms with Gasteiger partial charge in [0, 0.05) is 13.1 Å². The number of carboxylic acid groups (broad SMARTS) is 1. The molecule has 0 aliphatic carbocycles. The van der Waals surface area contributed by atoms with Gasteiger partial charge in [-0.3, -0.25) is 9.59 Å². The predicted molar refractivity (Wildman–Crippen MR) is 89.4 cm³/mol. The van der Waals surface area contributed by atoms with Crippen molar-refractivity contribution in [1.82, 2.24) is 14.7 Å². The molecule has 1 fully saturated rings. The average Bonchev–Trinajstić information content (AvgIpc) is 3.06. The first-order valence-electron chi connectivity index (χ1n) is 8.41. The topological polar surface area (TPSA) is 75.4 Å². The van der Waals surface area contributed by atoms with Gasteiger partial charge in [-0.2, -0.15) is 18.3 Å². The Labute approximate surface area is 153 Å². The minimum absolute atomic E-state index is 0.119. The van der Waals surface area contributed by atoms with Crippen molar-refractivity contribution in [3.05, 3.63) is 47.8 Å². The van der Waals surface area contributed by atoms with E-state index in [2.05, 4.69) is 5.10 Å². The Morgan fingerprint density at radius 1 is 1.19 bits per heavy atom. The van der Waals surface area contributed by atoms with Crippen LogP contribution in [0.3, 0.4) is 0 Å². The molecular formula is C18H18F3N3O3. The number of amides is 1. The van der Waals surface area contributed by atoms with Crippen LogP contribution in [0.4, 0.5) is 13.2 Å². The first-order valence-corrected chi connectivity index (χ1v) is 8.41. The predicted octanol–water partition coefficient (Wildman–Crippen LogP) is 3.07. The normalized spacial score (nSPS) is 20.5. The molecule has 1 aliphatic rings. The molecular weight excluding hydrogens is 363 g/mol. The Hall–Kier alpha value is -2.84. The van der Waals surface area contributed by atoms with E-state index >= 15 is 0 Å². The standard InChI is InChI=1S/C18H18F3N3O3/c1-11-7-12(17(26)27)10-23(9-11)16(25)14-8-22-24(15(14)18(19,20)21)13-5-3-2-4-6-13/h2-6,8,11-12H,7,9-10H2,1H3,(H,26,27). The van der Waals surface area contributed by atoms with Crippen LogP contribution in [0.1, 0.15) is 29.4 Å². The number of para-hydroxylation sites is 1. The molecule has 1 aromatic heterocycles. The van der Waals surface area contributed by atoms with Gasteiger partial charge < -0.3 is 10.0 Å². The number of rotatable bonds is 3. The summed E-state index contributed by atoms with van der Waals surface area (Å²) >= 11 is 0. The highest BCUT2D eigenvalue weighted by Crippen LogP contribution is 2.35. The van der Waals surface area contributed by atoms with E-state index in [9.17, 15) is 27.9 Å². The lowest BCUT2D eigenvalue weighted by Gasteiger charge is -2.34. The van der Waals surface area contributed by atoms with Crippen molar-refractivity contribution < 1.29 is 27.9 Å². The van der Waals surface area contributed by atoms with Gasteiger partial charge in [0.1, 0.15) is 0 Å². The molecule has 0 saturated carbocycles. The Bertz CT molecular complexity index is 849. The van der Waals surface area contributed by atoms with Crippen molar-refractivity contribution in [2.24, 2.45) is 11.8 Å². The molecule has 27 heavy (non-hydrogen) atoms. The van der Waals surface area contributed by atoms with Gasteiger partial charge in [0.15, 0.2) is 5.69 Å². The Morgan fingerprint density at radius 2 is 1.85 bits per heavy atom. The quantitative estimate of drug-likeness (QED) is 0.887. The van der Waals surface area contributed by atoms with Gasteiger partial charge in [0.05, 0.1) is 23.4 Å². The van der Waals surface area contributed by atoms with Crippen molar-refractivity contribution in [2.45, 2.75) is 19.5 Å². The zero-order valence-corrected chi connectivity index (χ0v) is 14.5. The molecule has 0 bridgehead atoms. The number of halogens is 3. The van der Waals surface area contributed by atoms with Gasteiger partial charge in [-0.05, 0) is 24.5 Å². The first kappa shape index (κ1) is 18.9. The van der Waals surface area contributed by atoms with E-state index in [0.29, 0.717) is 11.1 Å². The van der Waals surface area contributed by atoms with Crippen molar-refractivity contribution in [3.63, 3.8) is 0 Å². The van der Waals surface area contributed by atoms with E-state index in [0.717, 1.165) is 6.20 Å². The van der Waals surface area contributed by atoms with Crippen LogP contribution >= 0.6 is 0 Å². The Morgan fingerprint density at radius 3 is 2.44 bits per heavy atom. The minimum Gasteiger partial charge on any atom is -0.481 e. The van der Waals surface area contributed by atoms with Crippen LogP contribution in [0.25, 0.3) is 5.69 Å². The first-order chi connectivity index (χ1) is 12.7. The summed E-state index contributed by atoms with van der Waals surface area (Å²) in [6.45, 7) is 1.86. The van der Waals surface area contributed by atoms with Crippen LogP contribution < -0.4 is 0 Å². The number of carbonyl (C=O) groups is 2. The van der Waals surface area contributed by atoms with Gasteiger partial charge in [0.2, 0.25) is 0 Å². The lowest BCUT2D eigenvalue weighted by Crippen LogP contribution is -2.45. The highest BCUT2D eigenvalue weighted by Gasteiger charge is 2.42. The molecule has 2 atom stereocenters. The largest absolute Gasteiger partial charge is 0.481 e. The third-order valence-corrected chi connectivity index (χ3v) is 4.57. The number of hydrogen-bond donors (Lipinski definition) is 1. The SMILES string of the molecule is CC1CC(C(=O)O)CN(C(=O)c2cnn(-c3ccccc3)c2C(F)(F)F)C1. The zero-order valence-electron chi connectivity index (χ0n) is 14.5. The molecule has 6 nitrogen and oxygen atoms in total. The molecule has 0 spiro atoms. The monoisotopic (exact) mass is 381 g/mol. The zero-order chi connectivity index (χ0) is 19.8. The maximum atomic E-state index is 13.7. The minimum atomic E-state index is -4.80. The number of aromatic nitrogens is 2. The summed E-state index contributed by atoms with van der Waals surface area (Å²) in [5, 5.41) is 13.0. The van der Waals surface area contributed by atoms with Crippen LogP contribution in [0.2, 0.25) is 0 Å². The van der Waals surface area contributed by atoms with Crippen LogP contribution in [0, 0.1) is 11.8 Å². The van der Waals surface area contributed by atoms with E-state index in [1.54, 1.807) is 25.1 Å². The second-order valence-corrected chi connectivity index (χ2v) is 6.74. The van der Waals surface area contributed by atoms with Gasteiger partial charge in [-0.1, -0.05) is 25.1 Å².